The number of benzene rings is 1. The van der Waals surface area contributed by atoms with Gasteiger partial charge in [-0.25, -0.2) is 13.1 Å². The van der Waals surface area contributed by atoms with E-state index in [0.29, 0.717) is 12.2 Å². The molecule has 0 bridgehead atoms. The first-order valence-corrected chi connectivity index (χ1v) is 9.31. The summed E-state index contributed by atoms with van der Waals surface area (Å²) >= 11 is 0. The van der Waals surface area contributed by atoms with E-state index in [1.807, 2.05) is 6.92 Å². The predicted molar refractivity (Wildman–Crippen MR) is 81.4 cm³/mol. The fourth-order valence-corrected chi connectivity index (χ4v) is 3.30. The van der Waals surface area contributed by atoms with E-state index in [2.05, 4.69) is 10.0 Å². The number of hydrogen-bond donors (Lipinski definition) is 2. The summed E-state index contributed by atoms with van der Waals surface area (Å²) in [7, 11) is -5.17. The minimum atomic E-state index is -4.02. The molecule has 1 rings (SSSR count). The number of rotatable bonds is 8. The molecule has 1 unspecified atom stereocenters. The quantitative estimate of drug-likeness (QED) is 0.533. The van der Waals surface area contributed by atoms with Crippen LogP contribution in [0.5, 0.6) is 0 Å². The number of sulfonamides is 1. The maximum absolute atomic E-state index is 12.1. The van der Waals surface area contributed by atoms with Gasteiger partial charge in [0.1, 0.15) is 0 Å². The Hall–Kier alpha value is -1.52. The summed E-state index contributed by atoms with van der Waals surface area (Å²) in [4.78, 5) is 9.89. The highest BCUT2D eigenvalue weighted by Gasteiger charge is 2.25. The Balaban J connectivity index is 3.10. The summed E-state index contributed by atoms with van der Waals surface area (Å²) < 4.78 is 37.3. The molecule has 1 aromatic carbocycles. The number of nitro groups is 1. The lowest BCUT2D eigenvalue weighted by Gasteiger charge is -2.09. The van der Waals surface area contributed by atoms with Crippen LogP contribution in [0.25, 0.3) is 0 Å². The van der Waals surface area contributed by atoms with Crippen molar-refractivity contribution in [2.24, 2.45) is 0 Å². The molecular weight excluding hydrogens is 318 g/mol. The van der Waals surface area contributed by atoms with Gasteiger partial charge < -0.3 is 5.32 Å². The van der Waals surface area contributed by atoms with Crippen molar-refractivity contribution in [3.8, 4) is 0 Å². The van der Waals surface area contributed by atoms with Crippen LogP contribution in [-0.2, 0) is 20.8 Å². The largest absolute Gasteiger partial charge is 0.385 e. The van der Waals surface area contributed by atoms with Gasteiger partial charge in [-0.3, -0.25) is 14.3 Å². The van der Waals surface area contributed by atoms with Gasteiger partial charge in [0, 0.05) is 47.7 Å². The third-order valence-electron chi connectivity index (χ3n) is 2.51. The first kappa shape index (κ1) is 17.5. The third-order valence-corrected chi connectivity index (χ3v) is 4.80. The van der Waals surface area contributed by atoms with Crippen molar-refractivity contribution >= 4 is 32.2 Å². The summed E-state index contributed by atoms with van der Waals surface area (Å²) in [5.74, 6) is 0.141. The Morgan fingerprint density at radius 3 is 2.57 bits per heavy atom. The van der Waals surface area contributed by atoms with E-state index in [-0.39, 0.29) is 12.3 Å². The second kappa shape index (κ2) is 7.48. The van der Waals surface area contributed by atoms with E-state index in [1.165, 1.54) is 24.5 Å². The summed E-state index contributed by atoms with van der Waals surface area (Å²) in [5.41, 5.74) is -0.0311. The molecule has 0 aliphatic heterocycles. The summed E-state index contributed by atoms with van der Waals surface area (Å²) in [5, 5.41) is 13.9. The topological polar surface area (TPSA) is 118 Å². The Kier molecular flexibility index (Phi) is 6.24. The zero-order valence-electron chi connectivity index (χ0n) is 11.7. The first-order valence-electron chi connectivity index (χ1n) is 6.10. The SMILES string of the molecule is CCNc1ccc(S(=O)(=O)NCCS(C)=O)c([N+](=O)[O-])c1. The molecule has 0 saturated heterocycles. The number of anilines is 1. The smallest absolute Gasteiger partial charge is 0.291 e. The average Bonchev–Trinajstić information content (AvgIpc) is 2.38. The van der Waals surface area contributed by atoms with Crippen molar-refractivity contribution in [2.45, 2.75) is 11.8 Å². The Morgan fingerprint density at radius 1 is 1.38 bits per heavy atom. The van der Waals surface area contributed by atoms with E-state index in [9.17, 15) is 22.7 Å². The van der Waals surface area contributed by atoms with Crippen molar-refractivity contribution in [1.29, 1.82) is 0 Å². The molecule has 0 spiro atoms. The Labute approximate surface area is 125 Å². The lowest BCUT2D eigenvalue weighted by molar-refractivity contribution is -0.387. The fourth-order valence-electron chi connectivity index (χ4n) is 1.60. The van der Waals surface area contributed by atoms with E-state index >= 15 is 0 Å². The molecule has 0 aliphatic rings. The lowest BCUT2D eigenvalue weighted by Crippen LogP contribution is -2.28. The van der Waals surface area contributed by atoms with E-state index in [1.54, 1.807) is 0 Å². The Bertz CT molecular complexity index is 645. The van der Waals surface area contributed by atoms with Crippen molar-refractivity contribution in [3.05, 3.63) is 28.3 Å². The van der Waals surface area contributed by atoms with Gasteiger partial charge in [-0.2, -0.15) is 0 Å². The molecule has 0 radical (unpaired) electrons. The number of nitrogens with one attached hydrogen (secondary N) is 2. The van der Waals surface area contributed by atoms with Gasteiger partial charge in [0.05, 0.1) is 4.92 Å². The second-order valence-corrected chi connectivity index (χ2v) is 7.44. The monoisotopic (exact) mass is 335 g/mol. The highest BCUT2D eigenvalue weighted by Crippen LogP contribution is 2.27. The van der Waals surface area contributed by atoms with Gasteiger partial charge in [-0.15, -0.1) is 0 Å². The fraction of sp³-hybridized carbons (Fsp3) is 0.455. The number of nitrogens with zero attached hydrogens (tertiary/aromatic N) is 1. The molecule has 0 aliphatic carbocycles. The molecule has 0 aromatic heterocycles. The maximum atomic E-state index is 12.1. The average molecular weight is 335 g/mol. The van der Waals surface area contributed by atoms with Crippen LogP contribution in [0.4, 0.5) is 11.4 Å². The normalized spacial score (nSPS) is 12.9. The van der Waals surface area contributed by atoms with Crippen LogP contribution >= 0.6 is 0 Å². The highest BCUT2D eigenvalue weighted by atomic mass is 32.2. The van der Waals surface area contributed by atoms with Crippen LogP contribution in [0.3, 0.4) is 0 Å². The lowest BCUT2D eigenvalue weighted by atomic mass is 10.3. The standard InChI is InChI=1S/C11H17N3O5S2/c1-3-12-9-4-5-11(10(8-9)14(15)16)21(18,19)13-6-7-20(2)17/h4-5,8,12-13H,3,6-7H2,1-2H3. The molecule has 0 amide bonds. The second-order valence-electron chi connectivity index (χ2n) is 4.15. The number of nitro benzene ring substituents is 1. The van der Waals surface area contributed by atoms with Gasteiger partial charge in [0.2, 0.25) is 10.0 Å². The molecule has 0 saturated carbocycles. The first-order chi connectivity index (χ1) is 9.77. The molecule has 1 aromatic rings. The van der Waals surface area contributed by atoms with Crippen LogP contribution < -0.4 is 10.0 Å². The van der Waals surface area contributed by atoms with E-state index in [0.717, 1.165) is 0 Å². The van der Waals surface area contributed by atoms with Gasteiger partial charge in [0.25, 0.3) is 5.69 Å². The molecule has 118 valence electrons. The third kappa shape index (κ3) is 5.06. The highest BCUT2D eigenvalue weighted by molar-refractivity contribution is 7.89. The molecule has 0 fully saturated rings. The van der Waals surface area contributed by atoms with E-state index in [4.69, 9.17) is 0 Å². The van der Waals surface area contributed by atoms with Gasteiger partial charge in [-0.1, -0.05) is 0 Å². The summed E-state index contributed by atoms with van der Waals surface area (Å²) in [6.45, 7) is 2.34. The van der Waals surface area contributed by atoms with Gasteiger partial charge >= 0.3 is 0 Å². The van der Waals surface area contributed by atoms with Crippen LogP contribution in [0.2, 0.25) is 0 Å². The summed E-state index contributed by atoms with van der Waals surface area (Å²) in [6, 6.07) is 3.82. The number of hydrogen-bond acceptors (Lipinski definition) is 6. The van der Waals surface area contributed by atoms with Crippen LogP contribution in [0, 0.1) is 10.1 Å². The molecular formula is C11H17N3O5S2. The molecule has 0 heterocycles. The molecule has 10 heteroatoms. The van der Waals surface area contributed by atoms with Crippen LogP contribution in [0.1, 0.15) is 6.92 Å². The van der Waals surface area contributed by atoms with Crippen molar-refractivity contribution in [2.75, 3.05) is 30.4 Å². The minimum Gasteiger partial charge on any atom is -0.385 e. The van der Waals surface area contributed by atoms with E-state index < -0.39 is 36.3 Å². The zero-order valence-corrected chi connectivity index (χ0v) is 13.3. The molecule has 21 heavy (non-hydrogen) atoms. The molecule has 8 nitrogen and oxygen atoms in total. The van der Waals surface area contributed by atoms with Crippen molar-refractivity contribution in [3.63, 3.8) is 0 Å². The molecule has 1 atom stereocenters. The van der Waals surface area contributed by atoms with Crippen LogP contribution in [-0.4, -0.2) is 42.6 Å². The van der Waals surface area contributed by atoms with Crippen LogP contribution in [0.15, 0.2) is 23.1 Å². The molecule has 2 N–H and O–H groups in total. The van der Waals surface area contributed by atoms with Crippen molar-refractivity contribution in [1.82, 2.24) is 4.72 Å². The zero-order chi connectivity index (χ0) is 16.0. The van der Waals surface area contributed by atoms with Gasteiger partial charge in [0.15, 0.2) is 4.90 Å². The van der Waals surface area contributed by atoms with Gasteiger partial charge in [-0.05, 0) is 19.1 Å². The van der Waals surface area contributed by atoms with Crippen molar-refractivity contribution < 1.29 is 17.6 Å². The Morgan fingerprint density at radius 2 is 2.05 bits per heavy atom. The summed E-state index contributed by atoms with van der Waals surface area (Å²) in [6.07, 6.45) is 1.45. The maximum Gasteiger partial charge on any atom is 0.291 e. The minimum absolute atomic E-state index is 0.0441. The predicted octanol–water partition coefficient (Wildman–Crippen LogP) is 0.683.